The van der Waals surface area contributed by atoms with Crippen LogP contribution in [0.15, 0.2) is 6.07 Å². The van der Waals surface area contributed by atoms with E-state index in [4.69, 9.17) is 9.47 Å². The molecule has 4 heterocycles. The molecular formula is C19H23N3O4. The maximum absolute atomic E-state index is 13.4. The van der Waals surface area contributed by atoms with Gasteiger partial charge < -0.3 is 19.3 Å². The predicted molar refractivity (Wildman–Crippen MR) is 91.9 cm³/mol. The summed E-state index contributed by atoms with van der Waals surface area (Å²) in [6.45, 7) is 1.96. The van der Waals surface area contributed by atoms with Gasteiger partial charge in [-0.15, -0.1) is 0 Å². The van der Waals surface area contributed by atoms with Crippen LogP contribution in [0.1, 0.15) is 47.3 Å². The maximum Gasteiger partial charge on any atom is 0.259 e. The monoisotopic (exact) mass is 357 g/mol. The standard InChI is InChI=1S/C19H23N3O4/c1-25-17-13(10-12-4-2-5-14(12)20-17)18(24)21-8-6-19-15(21)11-16(23)22(19)7-3-9-26-19/h10,15H,2-9,11H2,1H3/t15-,19+/m1/s1. The molecule has 138 valence electrons. The van der Waals surface area contributed by atoms with Crippen LogP contribution in [0.4, 0.5) is 0 Å². The molecule has 7 nitrogen and oxygen atoms in total. The molecule has 0 unspecified atom stereocenters. The number of hydrogen-bond acceptors (Lipinski definition) is 5. The van der Waals surface area contributed by atoms with Crippen LogP contribution in [0.5, 0.6) is 5.88 Å². The molecule has 1 aliphatic carbocycles. The largest absolute Gasteiger partial charge is 0.480 e. The fraction of sp³-hybridized carbons (Fsp3) is 0.632. The summed E-state index contributed by atoms with van der Waals surface area (Å²) in [5, 5.41) is 0. The molecule has 2 amide bonds. The van der Waals surface area contributed by atoms with E-state index >= 15 is 0 Å². The van der Waals surface area contributed by atoms with E-state index in [0.29, 0.717) is 37.4 Å². The predicted octanol–water partition coefficient (Wildman–Crippen LogP) is 1.14. The van der Waals surface area contributed by atoms with Gasteiger partial charge in [0.25, 0.3) is 5.91 Å². The highest BCUT2D eigenvalue weighted by Gasteiger charge is 2.61. The Morgan fingerprint density at radius 1 is 1.35 bits per heavy atom. The van der Waals surface area contributed by atoms with Gasteiger partial charge >= 0.3 is 0 Å². The molecule has 1 aromatic heterocycles. The van der Waals surface area contributed by atoms with Crippen molar-refractivity contribution in [3.8, 4) is 5.88 Å². The van der Waals surface area contributed by atoms with Crippen molar-refractivity contribution in [1.82, 2.24) is 14.8 Å². The normalized spacial score (nSPS) is 29.6. The molecule has 0 N–H and O–H groups in total. The van der Waals surface area contributed by atoms with Gasteiger partial charge in [0.2, 0.25) is 11.8 Å². The number of carbonyl (C=O) groups excluding carboxylic acids is 2. The van der Waals surface area contributed by atoms with Crippen molar-refractivity contribution < 1.29 is 19.1 Å². The van der Waals surface area contributed by atoms with Crippen LogP contribution >= 0.6 is 0 Å². The van der Waals surface area contributed by atoms with Crippen molar-refractivity contribution in [3.63, 3.8) is 0 Å². The molecule has 0 saturated carbocycles. The van der Waals surface area contributed by atoms with Crippen LogP contribution in [0.2, 0.25) is 0 Å². The first-order valence-corrected chi connectivity index (χ1v) is 9.46. The van der Waals surface area contributed by atoms with Gasteiger partial charge in [0.15, 0.2) is 5.72 Å². The number of amides is 2. The van der Waals surface area contributed by atoms with Crippen molar-refractivity contribution in [2.24, 2.45) is 0 Å². The van der Waals surface area contributed by atoms with Crippen LogP contribution in [-0.4, -0.2) is 65.2 Å². The van der Waals surface area contributed by atoms with E-state index < -0.39 is 5.72 Å². The molecule has 3 aliphatic heterocycles. The van der Waals surface area contributed by atoms with Crippen molar-refractivity contribution in [3.05, 3.63) is 22.9 Å². The zero-order valence-corrected chi connectivity index (χ0v) is 15.0. The molecule has 1 aromatic rings. The number of aryl methyl sites for hydroxylation is 2. The van der Waals surface area contributed by atoms with Gasteiger partial charge in [-0.1, -0.05) is 0 Å². The zero-order valence-electron chi connectivity index (χ0n) is 15.0. The number of nitrogens with zero attached hydrogens (tertiary/aromatic N) is 3. The first-order chi connectivity index (χ1) is 12.6. The number of pyridine rings is 1. The van der Waals surface area contributed by atoms with Gasteiger partial charge in [0.05, 0.1) is 26.2 Å². The second-order valence-electron chi connectivity index (χ2n) is 7.57. The van der Waals surface area contributed by atoms with Crippen LogP contribution in [-0.2, 0) is 22.4 Å². The minimum absolute atomic E-state index is 0.0891. The Hall–Kier alpha value is -2.15. The number of ether oxygens (including phenoxy) is 2. The average molecular weight is 357 g/mol. The van der Waals surface area contributed by atoms with Gasteiger partial charge in [-0.3, -0.25) is 9.59 Å². The third-order valence-electron chi connectivity index (χ3n) is 6.31. The maximum atomic E-state index is 13.4. The lowest BCUT2D eigenvalue weighted by molar-refractivity contribution is -0.179. The Morgan fingerprint density at radius 2 is 2.23 bits per heavy atom. The Morgan fingerprint density at radius 3 is 3.08 bits per heavy atom. The Balaban J connectivity index is 1.50. The molecule has 1 spiro atoms. The highest BCUT2D eigenvalue weighted by atomic mass is 16.5. The van der Waals surface area contributed by atoms with E-state index in [9.17, 15) is 9.59 Å². The van der Waals surface area contributed by atoms with Gasteiger partial charge in [-0.25, -0.2) is 4.98 Å². The van der Waals surface area contributed by atoms with Crippen molar-refractivity contribution in [2.45, 2.75) is 50.3 Å². The van der Waals surface area contributed by atoms with Gasteiger partial charge in [-0.2, -0.15) is 0 Å². The van der Waals surface area contributed by atoms with E-state index in [0.717, 1.165) is 43.5 Å². The average Bonchev–Trinajstić information content (AvgIpc) is 3.32. The highest BCUT2D eigenvalue weighted by molar-refractivity contribution is 5.98. The Labute approximate surface area is 152 Å². The molecule has 0 aromatic carbocycles. The summed E-state index contributed by atoms with van der Waals surface area (Å²) in [5.74, 6) is 0.378. The van der Waals surface area contributed by atoms with Crippen molar-refractivity contribution in [2.75, 3.05) is 26.8 Å². The third-order valence-corrected chi connectivity index (χ3v) is 6.31. The van der Waals surface area contributed by atoms with E-state index in [1.807, 2.05) is 15.9 Å². The van der Waals surface area contributed by atoms with Gasteiger partial charge in [0.1, 0.15) is 5.56 Å². The SMILES string of the molecule is COc1nc2c(cc1C(=O)N1CC[C@@]34OCCCN3C(=O)C[C@@H]14)CCC2. The number of rotatable bonds is 2. The first kappa shape index (κ1) is 16.1. The molecule has 5 rings (SSSR count). The van der Waals surface area contributed by atoms with E-state index in [1.165, 1.54) is 0 Å². The minimum atomic E-state index is -0.623. The zero-order chi connectivity index (χ0) is 17.9. The fourth-order valence-corrected chi connectivity index (χ4v) is 5.11. The number of fused-ring (bicyclic) bond motifs is 1. The summed E-state index contributed by atoms with van der Waals surface area (Å²) >= 11 is 0. The minimum Gasteiger partial charge on any atom is -0.480 e. The van der Waals surface area contributed by atoms with Crippen molar-refractivity contribution in [1.29, 1.82) is 0 Å². The third kappa shape index (κ3) is 2.06. The molecule has 3 fully saturated rings. The highest BCUT2D eigenvalue weighted by Crippen LogP contribution is 2.45. The summed E-state index contributed by atoms with van der Waals surface area (Å²) < 4.78 is 11.5. The van der Waals surface area contributed by atoms with Crippen LogP contribution < -0.4 is 4.74 Å². The number of likely N-dealkylation sites (tertiary alicyclic amines) is 1. The summed E-state index contributed by atoms with van der Waals surface area (Å²) in [5.41, 5.74) is 2.06. The molecule has 3 saturated heterocycles. The lowest BCUT2D eigenvalue weighted by Crippen LogP contribution is -2.56. The van der Waals surface area contributed by atoms with E-state index in [2.05, 4.69) is 4.98 Å². The lowest BCUT2D eigenvalue weighted by Gasteiger charge is -2.42. The van der Waals surface area contributed by atoms with Crippen LogP contribution in [0.3, 0.4) is 0 Å². The summed E-state index contributed by atoms with van der Waals surface area (Å²) in [6.07, 6.45) is 4.83. The Kier molecular flexibility index (Phi) is 3.50. The fourth-order valence-electron chi connectivity index (χ4n) is 5.11. The lowest BCUT2D eigenvalue weighted by atomic mass is 10.0. The molecule has 4 aliphatic rings. The first-order valence-electron chi connectivity index (χ1n) is 9.46. The number of carbonyl (C=O) groups is 2. The summed E-state index contributed by atoms with van der Waals surface area (Å²) in [7, 11) is 1.55. The molecule has 0 radical (unpaired) electrons. The summed E-state index contributed by atoms with van der Waals surface area (Å²) in [6, 6.07) is 1.72. The van der Waals surface area contributed by atoms with Crippen LogP contribution in [0, 0.1) is 0 Å². The second-order valence-corrected chi connectivity index (χ2v) is 7.57. The van der Waals surface area contributed by atoms with Crippen molar-refractivity contribution >= 4 is 11.8 Å². The van der Waals surface area contributed by atoms with E-state index in [-0.39, 0.29) is 17.9 Å². The molecule has 2 atom stereocenters. The molecular weight excluding hydrogens is 334 g/mol. The molecule has 0 bridgehead atoms. The van der Waals surface area contributed by atoms with Gasteiger partial charge in [-0.05, 0) is 37.3 Å². The number of aromatic nitrogens is 1. The topological polar surface area (TPSA) is 72.0 Å². The molecule has 26 heavy (non-hydrogen) atoms. The summed E-state index contributed by atoms with van der Waals surface area (Å²) in [4.78, 5) is 34.1. The number of methoxy groups -OCH3 is 1. The number of hydrogen-bond donors (Lipinski definition) is 0. The molecule has 7 heteroatoms. The second kappa shape index (κ2) is 5.67. The van der Waals surface area contributed by atoms with Crippen LogP contribution in [0.25, 0.3) is 0 Å². The quantitative estimate of drug-likeness (QED) is 0.794. The smallest absolute Gasteiger partial charge is 0.259 e. The Bertz CT molecular complexity index is 795. The van der Waals surface area contributed by atoms with E-state index in [1.54, 1.807) is 7.11 Å². The van der Waals surface area contributed by atoms with Gasteiger partial charge in [0, 0.05) is 25.2 Å².